The molecule has 0 unspecified atom stereocenters. The van der Waals surface area contributed by atoms with E-state index in [1.54, 1.807) is 29.2 Å². The predicted molar refractivity (Wildman–Crippen MR) is 106 cm³/mol. The molecule has 3 rings (SSSR count). The average molecular weight is 438 g/mol. The van der Waals surface area contributed by atoms with E-state index in [0.29, 0.717) is 29.1 Å². The summed E-state index contributed by atoms with van der Waals surface area (Å²) < 4.78 is 43.7. The number of alkyl halides is 3. The van der Waals surface area contributed by atoms with Gasteiger partial charge in [-0.3, -0.25) is 4.79 Å². The van der Waals surface area contributed by atoms with Gasteiger partial charge in [0.2, 0.25) is 17.7 Å². The fourth-order valence-corrected chi connectivity index (χ4v) is 3.10. The summed E-state index contributed by atoms with van der Waals surface area (Å²) in [5.74, 6) is 0.260. The van der Waals surface area contributed by atoms with Gasteiger partial charge in [0.25, 0.3) is 0 Å². The van der Waals surface area contributed by atoms with E-state index in [2.05, 4.69) is 10.2 Å². The standard InChI is InChI=1S/C21H19ClF3N3O2/c1-2-11-28(19(29)12-14-7-9-15(10-8-14)21(23,24)25)13-18-26-27-20(30-18)16-5-3-4-6-17(16)22/h3-10H,2,11-13H2,1H3. The van der Waals surface area contributed by atoms with Gasteiger partial charge in [-0.05, 0) is 36.2 Å². The number of rotatable bonds is 7. The highest BCUT2D eigenvalue weighted by Gasteiger charge is 2.30. The van der Waals surface area contributed by atoms with Gasteiger partial charge in [-0.1, -0.05) is 42.8 Å². The van der Waals surface area contributed by atoms with Gasteiger partial charge < -0.3 is 9.32 Å². The van der Waals surface area contributed by atoms with Gasteiger partial charge in [-0.2, -0.15) is 13.2 Å². The summed E-state index contributed by atoms with van der Waals surface area (Å²) in [5.41, 5.74) is 0.342. The monoisotopic (exact) mass is 437 g/mol. The number of carbonyl (C=O) groups excluding carboxylic acids is 1. The van der Waals surface area contributed by atoms with Crippen LogP contribution < -0.4 is 0 Å². The van der Waals surface area contributed by atoms with E-state index >= 15 is 0 Å². The van der Waals surface area contributed by atoms with Crippen LogP contribution in [0.15, 0.2) is 52.9 Å². The highest BCUT2D eigenvalue weighted by Crippen LogP contribution is 2.29. The lowest BCUT2D eigenvalue weighted by atomic mass is 10.1. The number of halogens is 4. The molecule has 0 bridgehead atoms. The zero-order valence-corrected chi connectivity index (χ0v) is 16.9. The second-order valence-corrected chi connectivity index (χ2v) is 7.07. The third-order valence-electron chi connectivity index (χ3n) is 4.38. The van der Waals surface area contributed by atoms with Gasteiger partial charge in [0.15, 0.2) is 0 Å². The van der Waals surface area contributed by atoms with Gasteiger partial charge in [0, 0.05) is 6.54 Å². The zero-order valence-electron chi connectivity index (χ0n) is 16.1. The Morgan fingerprint density at radius 1 is 1.10 bits per heavy atom. The lowest BCUT2D eigenvalue weighted by Crippen LogP contribution is -2.32. The summed E-state index contributed by atoms with van der Waals surface area (Å²) in [7, 11) is 0. The molecule has 1 aromatic heterocycles. The predicted octanol–water partition coefficient (Wildman–Crippen LogP) is 5.39. The number of hydrogen-bond acceptors (Lipinski definition) is 4. The minimum absolute atomic E-state index is 0.0242. The van der Waals surface area contributed by atoms with E-state index in [4.69, 9.17) is 16.0 Å². The molecule has 0 aliphatic rings. The summed E-state index contributed by atoms with van der Waals surface area (Å²) in [6.45, 7) is 2.47. The quantitative estimate of drug-likeness (QED) is 0.497. The molecule has 1 heterocycles. The van der Waals surface area contributed by atoms with Crippen molar-refractivity contribution in [1.29, 1.82) is 0 Å². The lowest BCUT2D eigenvalue weighted by molar-refractivity contribution is -0.137. The van der Waals surface area contributed by atoms with E-state index in [1.165, 1.54) is 12.1 Å². The fraction of sp³-hybridized carbons (Fsp3) is 0.286. The highest BCUT2D eigenvalue weighted by molar-refractivity contribution is 6.33. The maximum Gasteiger partial charge on any atom is 0.416 e. The maximum absolute atomic E-state index is 12.7. The van der Waals surface area contributed by atoms with Crippen molar-refractivity contribution >= 4 is 17.5 Å². The van der Waals surface area contributed by atoms with Crippen molar-refractivity contribution in [1.82, 2.24) is 15.1 Å². The van der Waals surface area contributed by atoms with Crippen molar-refractivity contribution < 1.29 is 22.4 Å². The van der Waals surface area contributed by atoms with Crippen LogP contribution in [0.4, 0.5) is 13.2 Å². The van der Waals surface area contributed by atoms with E-state index in [9.17, 15) is 18.0 Å². The molecule has 0 aliphatic heterocycles. The van der Waals surface area contributed by atoms with Crippen LogP contribution in [0.25, 0.3) is 11.5 Å². The minimum atomic E-state index is -4.41. The first kappa shape index (κ1) is 21.8. The number of nitrogens with zero attached hydrogens (tertiary/aromatic N) is 3. The molecular weight excluding hydrogens is 419 g/mol. The Kier molecular flexibility index (Phi) is 6.77. The number of carbonyl (C=O) groups is 1. The number of amides is 1. The van der Waals surface area contributed by atoms with Gasteiger partial charge >= 0.3 is 6.18 Å². The van der Waals surface area contributed by atoms with Crippen molar-refractivity contribution in [3.63, 3.8) is 0 Å². The summed E-state index contributed by atoms with van der Waals surface area (Å²) in [6, 6.07) is 11.6. The van der Waals surface area contributed by atoms with Crippen molar-refractivity contribution in [2.45, 2.75) is 32.5 Å². The molecule has 9 heteroatoms. The van der Waals surface area contributed by atoms with Crippen LogP contribution in [0.3, 0.4) is 0 Å². The van der Waals surface area contributed by atoms with Crippen LogP contribution in [0.5, 0.6) is 0 Å². The number of hydrogen-bond donors (Lipinski definition) is 0. The molecule has 0 aliphatic carbocycles. The largest absolute Gasteiger partial charge is 0.419 e. The first-order chi connectivity index (χ1) is 14.3. The first-order valence-corrected chi connectivity index (χ1v) is 9.67. The van der Waals surface area contributed by atoms with Crippen molar-refractivity contribution in [3.05, 3.63) is 70.6 Å². The zero-order chi connectivity index (χ0) is 21.7. The van der Waals surface area contributed by atoms with E-state index in [1.807, 2.05) is 6.92 Å². The Bertz CT molecular complexity index is 1000. The first-order valence-electron chi connectivity index (χ1n) is 9.29. The van der Waals surface area contributed by atoms with Crippen LogP contribution in [0.1, 0.15) is 30.4 Å². The molecular formula is C21H19ClF3N3O2. The van der Waals surface area contributed by atoms with Gasteiger partial charge in [-0.25, -0.2) is 0 Å². The van der Waals surface area contributed by atoms with Crippen LogP contribution in [0, 0.1) is 0 Å². The Balaban J connectivity index is 1.70. The second-order valence-electron chi connectivity index (χ2n) is 6.67. The smallest absolute Gasteiger partial charge is 0.416 e. The third kappa shape index (κ3) is 5.38. The van der Waals surface area contributed by atoms with Crippen LogP contribution in [0.2, 0.25) is 5.02 Å². The van der Waals surface area contributed by atoms with Crippen LogP contribution in [-0.4, -0.2) is 27.5 Å². The van der Waals surface area contributed by atoms with Gasteiger partial charge in [0.1, 0.15) is 0 Å². The molecule has 5 nitrogen and oxygen atoms in total. The SMILES string of the molecule is CCCN(Cc1nnc(-c2ccccc2Cl)o1)C(=O)Cc1ccc(C(F)(F)F)cc1. The third-order valence-corrected chi connectivity index (χ3v) is 4.71. The molecule has 2 aromatic carbocycles. The molecule has 0 N–H and O–H groups in total. The molecule has 0 radical (unpaired) electrons. The molecule has 1 amide bonds. The molecule has 0 saturated heterocycles. The molecule has 0 fully saturated rings. The Morgan fingerprint density at radius 2 is 1.80 bits per heavy atom. The Labute approximate surface area is 176 Å². The fourth-order valence-electron chi connectivity index (χ4n) is 2.88. The lowest BCUT2D eigenvalue weighted by Gasteiger charge is -2.20. The normalized spacial score (nSPS) is 11.5. The highest BCUT2D eigenvalue weighted by atomic mass is 35.5. The number of benzene rings is 2. The molecule has 3 aromatic rings. The Morgan fingerprint density at radius 3 is 2.43 bits per heavy atom. The average Bonchev–Trinajstić information content (AvgIpc) is 3.16. The summed E-state index contributed by atoms with van der Waals surface area (Å²) in [4.78, 5) is 14.3. The molecule has 30 heavy (non-hydrogen) atoms. The van der Waals surface area contributed by atoms with Crippen LogP contribution in [-0.2, 0) is 23.9 Å². The molecule has 158 valence electrons. The van der Waals surface area contributed by atoms with Gasteiger partial charge in [0.05, 0.1) is 29.1 Å². The van der Waals surface area contributed by atoms with E-state index in [-0.39, 0.29) is 30.7 Å². The van der Waals surface area contributed by atoms with Crippen molar-refractivity contribution in [2.24, 2.45) is 0 Å². The minimum Gasteiger partial charge on any atom is -0.419 e. The van der Waals surface area contributed by atoms with Crippen molar-refractivity contribution in [2.75, 3.05) is 6.54 Å². The number of aromatic nitrogens is 2. The molecule has 0 spiro atoms. The summed E-state index contributed by atoms with van der Waals surface area (Å²) in [6.07, 6.45) is -3.73. The maximum atomic E-state index is 12.7. The molecule has 0 atom stereocenters. The summed E-state index contributed by atoms with van der Waals surface area (Å²) >= 11 is 6.14. The Hall–Kier alpha value is -2.87. The molecule has 0 saturated carbocycles. The second kappa shape index (κ2) is 9.30. The summed E-state index contributed by atoms with van der Waals surface area (Å²) in [5, 5.41) is 8.45. The van der Waals surface area contributed by atoms with E-state index < -0.39 is 11.7 Å². The van der Waals surface area contributed by atoms with Crippen molar-refractivity contribution in [3.8, 4) is 11.5 Å². The van der Waals surface area contributed by atoms with Crippen LogP contribution >= 0.6 is 11.6 Å². The topological polar surface area (TPSA) is 59.2 Å². The van der Waals surface area contributed by atoms with E-state index in [0.717, 1.165) is 12.1 Å². The van der Waals surface area contributed by atoms with Gasteiger partial charge in [-0.15, -0.1) is 10.2 Å².